The second kappa shape index (κ2) is 6.49. The van der Waals surface area contributed by atoms with Crippen LogP contribution in [0, 0.1) is 16.7 Å². The van der Waals surface area contributed by atoms with Gasteiger partial charge >= 0.3 is 0 Å². The van der Waals surface area contributed by atoms with Crippen LogP contribution in [-0.4, -0.2) is 31.1 Å². The van der Waals surface area contributed by atoms with E-state index in [4.69, 9.17) is 0 Å². The van der Waals surface area contributed by atoms with Gasteiger partial charge < -0.3 is 4.90 Å². The fraction of sp³-hybridized carbons (Fsp3) is 0.611. The highest BCUT2D eigenvalue weighted by atomic mass is 15.2. The van der Waals surface area contributed by atoms with Gasteiger partial charge in [0.25, 0.3) is 0 Å². The largest absolute Gasteiger partial charge is 0.373 e. The summed E-state index contributed by atoms with van der Waals surface area (Å²) in [5.74, 6) is 0. The molecule has 114 valence electrons. The maximum atomic E-state index is 9.23. The second-order valence-electron chi connectivity index (χ2n) is 6.79. The minimum absolute atomic E-state index is 0.240. The molecule has 0 N–H and O–H groups in total. The molecule has 0 unspecified atom stereocenters. The summed E-state index contributed by atoms with van der Waals surface area (Å²) in [5.41, 5.74) is 2.50. The Balaban J connectivity index is 2.18. The van der Waals surface area contributed by atoms with Gasteiger partial charge in [0, 0.05) is 38.4 Å². The predicted molar refractivity (Wildman–Crippen MR) is 88.2 cm³/mol. The van der Waals surface area contributed by atoms with E-state index in [0.29, 0.717) is 6.04 Å². The highest BCUT2D eigenvalue weighted by Crippen LogP contribution is 2.28. The van der Waals surface area contributed by atoms with E-state index in [0.717, 1.165) is 32.5 Å². The molecule has 0 radical (unpaired) electrons. The molecule has 1 aliphatic rings. The zero-order valence-corrected chi connectivity index (χ0v) is 13.8. The summed E-state index contributed by atoms with van der Waals surface area (Å²) < 4.78 is 0. The van der Waals surface area contributed by atoms with Crippen molar-refractivity contribution in [1.29, 1.82) is 5.26 Å². The molecule has 0 amide bonds. The Morgan fingerprint density at radius 2 is 2.05 bits per heavy atom. The fourth-order valence-corrected chi connectivity index (χ4v) is 3.02. The number of nitriles is 1. The van der Waals surface area contributed by atoms with E-state index in [1.54, 1.807) is 0 Å². The van der Waals surface area contributed by atoms with Crippen LogP contribution in [0.15, 0.2) is 24.3 Å². The van der Waals surface area contributed by atoms with E-state index in [-0.39, 0.29) is 5.41 Å². The van der Waals surface area contributed by atoms with Crippen LogP contribution in [0.2, 0.25) is 0 Å². The Bertz CT molecular complexity index is 515. The molecule has 3 nitrogen and oxygen atoms in total. The minimum Gasteiger partial charge on any atom is -0.373 e. The Kier molecular flexibility index (Phi) is 4.90. The lowest BCUT2D eigenvalue weighted by Crippen LogP contribution is -2.41. The second-order valence-corrected chi connectivity index (χ2v) is 6.79. The minimum atomic E-state index is -0.240. The van der Waals surface area contributed by atoms with Crippen molar-refractivity contribution in [3.05, 3.63) is 29.8 Å². The first-order valence-electron chi connectivity index (χ1n) is 7.91. The molecule has 3 heteroatoms. The highest BCUT2D eigenvalue weighted by Gasteiger charge is 2.27. The molecule has 0 spiro atoms. The van der Waals surface area contributed by atoms with Crippen LogP contribution in [0.5, 0.6) is 0 Å². The Labute approximate surface area is 129 Å². The van der Waals surface area contributed by atoms with Crippen molar-refractivity contribution in [2.75, 3.05) is 25.0 Å². The van der Waals surface area contributed by atoms with Crippen molar-refractivity contribution in [3.8, 4) is 6.07 Å². The summed E-state index contributed by atoms with van der Waals surface area (Å²) >= 11 is 0. The number of fused-ring (bicyclic) bond motifs is 1. The molecule has 0 bridgehead atoms. The summed E-state index contributed by atoms with van der Waals surface area (Å²) in [7, 11) is 2.18. The molecule has 2 rings (SSSR count). The average Bonchev–Trinajstić information content (AvgIpc) is 2.62. The number of nitrogens with zero attached hydrogens (tertiary/aromatic N) is 3. The topological polar surface area (TPSA) is 30.3 Å². The molecule has 1 aliphatic heterocycles. The Hall–Kier alpha value is -1.53. The molecule has 1 atom stereocenters. The van der Waals surface area contributed by atoms with Gasteiger partial charge in [-0.1, -0.05) is 25.1 Å². The highest BCUT2D eigenvalue weighted by molar-refractivity contribution is 5.54. The van der Waals surface area contributed by atoms with Crippen molar-refractivity contribution >= 4 is 5.69 Å². The molecule has 1 heterocycles. The van der Waals surface area contributed by atoms with Crippen molar-refractivity contribution in [1.82, 2.24) is 4.90 Å². The van der Waals surface area contributed by atoms with Crippen LogP contribution in [0.1, 0.15) is 39.2 Å². The normalized spacial score (nSPS) is 19.8. The summed E-state index contributed by atoms with van der Waals surface area (Å²) in [4.78, 5) is 4.93. The van der Waals surface area contributed by atoms with Crippen molar-refractivity contribution in [3.63, 3.8) is 0 Å². The quantitative estimate of drug-likeness (QED) is 0.846. The van der Waals surface area contributed by atoms with E-state index in [1.165, 1.54) is 11.3 Å². The molecule has 0 aliphatic carbocycles. The predicted octanol–water partition coefficient (Wildman–Crippen LogP) is 3.66. The number of hydrogen-bond donors (Lipinski definition) is 0. The molecule has 0 fully saturated rings. The number of hydrogen-bond acceptors (Lipinski definition) is 3. The third-order valence-electron chi connectivity index (χ3n) is 4.58. The zero-order valence-electron chi connectivity index (χ0n) is 13.8. The lowest BCUT2D eigenvalue weighted by Gasteiger charge is -2.32. The summed E-state index contributed by atoms with van der Waals surface area (Å²) in [6.45, 7) is 9.36. The molecule has 1 aromatic rings. The van der Waals surface area contributed by atoms with Crippen LogP contribution in [0.4, 0.5) is 5.69 Å². The Morgan fingerprint density at radius 1 is 1.33 bits per heavy atom. The maximum absolute atomic E-state index is 9.23. The molecular formula is C18H27N3. The van der Waals surface area contributed by atoms with E-state index < -0.39 is 0 Å². The van der Waals surface area contributed by atoms with Gasteiger partial charge in [0.05, 0.1) is 11.5 Å². The molecule has 1 aromatic carbocycles. The zero-order chi connectivity index (χ0) is 15.5. The number of para-hydroxylation sites is 1. The van der Waals surface area contributed by atoms with E-state index in [1.807, 2.05) is 13.8 Å². The third kappa shape index (κ3) is 3.77. The van der Waals surface area contributed by atoms with Gasteiger partial charge in [-0.25, -0.2) is 0 Å². The first kappa shape index (κ1) is 15.9. The Morgan fingerprint density at radius 3 is 2.71 bits per heavy atom. The van der Waals surface area contributed by atoms with Gasteiger partial charge in [-0.15, -0.1) is 0 Å². The lowest BCUT2D eigenvalue weighted by molar-refractivity contribution is 0.172. The number of likely N-dealkylation sites (N-methyl/N-ethyl adjacent to an activating group) is 1. The van der Waals surface area contributed by atoms with Crippen molar-refractivity contribution in [2.45, 2.75) is 46.2 Å². The standard InChI is InChI=1S/C18H27N3/c1-5-16-13-20(4)17-9-7-6-8-15(17)12-21(16)11-10-18(2,3)14-19/h6-9,16H,5,10-13H2,1-4H3/t16-/m1/s1. The van der Waals surface area contributed by atoms with Crippen LogP contribution in [0.25, 0.3) is 0 Å². The first-order chi connectivity index (χ1) is 9.96. The molecule has 21 heavy (non-hydrogen) atoms. The summed E-state index contributed by atoms with van der Waals surface area (Å²) in [5, 5.41) is 9.23. The van der Waals surface area contributed by atoms with Gasteiger partial charge in [-0.2, -0.15) is 5.26 Å². The van der Waals surface area contributed by atoms with Gasteiger partial charge in [0.1, 0.15) is 0 Å². The maximum Gasteiger partial charge on any atom is 0.0684 e. The van der Waals surface area contributed by atoms with Crippen LogP contribution in [0.3, 0.4) is 0 Å². The SMILES string of the molecule is CC[C@@H]1CN(C)c2ccccc2CN1CCC(C)(C)C#N. The summed E-state index contributed by atoms with van der Waals surface area (Å²) in [6.07, 6.45) is 2.07. The van der Waals surface area contributed by atoms with Crippen LogP contribution < -0.4 is 4.90 Å². The number of benzene rings is 1. The molecular weight excluding hydrogens is 258 g/mol. The van der Waals surface area contributed by atoms with Crippen LogP contribution in [-0.2, 0) is 6.54 Å². The van der Waals surface area contributed by atoms with Crippen LogP contribution >= 0.6 is 0 Å². The number of rotatable bonds is 4. The average molecular weight is 285 g/mol. The van der Waals surface area contributed by atoms with Gasteiger partial charge in [-0.05, 0) is 38.3 Å². The van der Waals surface area contributed by atoms with Gasteiger partial charge in [0.15, 0.2) is 0 Å². The number of anilines is 1. The monoisotopic (exact) mass is 285 g/mol. The van der Waals surface area contributed by atoms with E-state index in [2.05, 4.69) is 54.1 Å². The fourth-order valence-electron chi connectivity index (χ4n) is 3.02. The molecule has 0 saturated carbocycles. The van der Waals surface area contributed by atoms with Gasteiger partial charge in [0.2, 0.25) is 0 Å². The molecule has 0 aromatic heterocycles. The summed E-state index contributed by atoms with van der Waals surface area (Å²) in [6, 6.07) is 11.7. The van der Waals surface area contributed by atoms with E-state index >= 15 is 0 Å². The lowest BCUT2D eigenvalue weighted by atomic mass is 9.91. The van der Waals surface area contributed by atoms with Crippen molar-refractivity contribution in [2.24, 2.45) is 5.41 Å². The first-order valence-corrected chi connectivity index (χ1v) is 7.91. The van der Waals surface area contributed by atoms with Crippen molar-refractivity contribution < 1.29 is 0 Å². The smallest absolute Gasteiger partial charge is 0.0684 e. The molecule has 0 saturated heterocycles. The third-order valence-corrected chi connectivity index (χ3v) is 4.58. The van der Waals surface area contributed by atoms with Gasteiger partial charge in [-0.3, -0.25) is 4.90 Å². The van der Waals surface area contributed by atoms with E-state index in [9.17, 15) is 5.26 Å².